The predicted octanol–water partition coefficient (Wildman–Crippen LogP) is 5.95. The van der Waals surface area contributed by atoms with Crippen LogP contribution in [0.4, 0.5) is 5.69 Å². The number of aromatic nitrogens is 2. The number of nitrogens with zero attached hydrogens (tertiary/aromatic N) is 3. The van der Waals surface area contributed by atoms with Gasteiger partial charge in [0, 0.05) is 29.9 Å². The number of rotatable bonds is 5. The van der Waals surface area contributed by atoms with E-state index in [4.69, 9.17) is 5.11 Å². The SMILES string of the molecule is O=C(O)c1ccc(-c2nnc(-c3ccc(N4CCC(c5ccccc5)CC4)cc3)s2)cc1. The summed E-state index contributed by atoms with van der Waals surface area (Å²) in [7, 11) is 0. The summed E-state index contributed by atoms with van der Waals surface area (Å²) in [6.45, 7) is 2.13. The molecule has 0 spiro atoms. The molecule has 0 saturated carbocycles. The number of carbonyl (C=O) groups is 1. The second-order valence-electron chi connectivity index (χ2n) is 8.01. The van der Waals surface area contributed by atoms with Crippen molar-refractivity contribution in [3.63, 3.8) is 0 Å². The monoisotopic (exact) mass is 441 g/mol. The summed E-state index contributed by atoms with van der Waals surface area (Å²) in [4.78, 5) is 13.5. The number of anilines is 1. The molecule has 1 N–H and O–H groups in total. The summed E-state index contributed by atoms with van der Waals surface area (Å²) in [5.41, 5.74) is 4.87. The number of hydrogen-bond acceptors (Lipinski definition) is 5. The topological polar surface area (TPSA) is 66.3 Å². The zero-order valence-electron chi connectivity index (χ0n) is 17.5. The minimum atomic E-state index is -0.932. The molecule has 3 aromatic carbocycles. The summed E-state index contributed by atoms with van der Waals surface area (Å²) in [6.07, 6.45) is 2.35. The maximum Gasteiger partial charge on any atom is 0.335 e. The minimum absolute atomic E-state index is 0.266. The van der Waals surface area contributed by atoms with Crippen molar-refractivity contribution in [1.82, 2.24) is 10.2 Å². The Morgan fingerprint density at radius 3 is 1.94 bits per heavy atom. The van der Waals surface area contributed by atoms with Gasteiger partial charge < -0.3 is 10.0 Å². The third-order valence-corrected chi connectivity index (χ3v) is 7.07. The Labute approximate surface area is 191 Å². The van der Waals surface area contributed by atoms with Crippen LogP contribution >= 0.6 is 11.3 Å². The molecule has 0 unspecified atom stereocenters. The van der Waals surface area contributed by atoms with Gasteiger partial charge in [-0.05, 0) is 60.7 Å². The molecule has 0 amide bonds. The van der Waals surface area contributed by atoms with Gasteiger partial charge >= 0.3 is 5.97 Å². The smallest absolute Gasteiger partial charge is 0.335 e. The van der Waals surface area contributed by atoms with Gasteiger partial charge in [0.05, 0.1) is 5.56 Å². The van der Waals surface area contributed by atoms with E-state index in [0.29, 0.717) is 5.92 Å². The van der Waals surface area contributed by atoms with Crippen LogP contribution in [-0.2, 0) is 0 Å². The Morgan fingerprint density at radius 1 is 0.812 bits per heavy atom. The van der Waals surface area contributed by atoms with Crippen molar-refractivity contribution < 1.29 is 9.90 Å². The Kier molecular flexibility index (Phi) is 5.69. The molecule has 0 aliphatic carbocycles. The fourth-order valence-corrected chi connectivity index (χ4v) is 5.08. The lowest BCUT2D eigenvalue weighted by molar-refractivity contribution is 0.0697. The van der Waals surface area contributed by atoms with Crippen molar-refractivity contribution in [1.29, 1.82) is 0 Å². The van der Waals surface area contributed by atoms with Crippen molar-refractivity contribution in [2.45, 2.75) is 18.8 Å². The average molecular weight is 442 g/mol. The largest absolute Gasteiger partial charge is 0.478 e. The van der Waals surface area contributed by atoms with Crippen LogP contribution in [0.3, 0.4) is 0 Å². The molecule has 1 fully saturated rings. The Balaban J connectivity index is 1.25. The lowest BCUT2D eigenvalue weighted by Gasteiger charge is -2.34. The van der Waals surface area contributed by atoms with Crippen LogP contribution in [0.15, 0.2) is 78.9 Å². The quantitative estimate of drug-likeness (QED) is 0.414. The molecule has 5 nitrogen and oxygen atoms in total. The maximum atomic E-state index is 11.0. The normalized spacial score (nSPS) is 14.4. The van der Waals surface area contributed by atoms with Crippen molar-refractivity contribution in [3.8, 4) is 21.1 Å². The standard InChI is InChI=1S/C26H23N3O2S/c30-26(31)22-8-6-20(7-9-22)24-27-28-25(32-24)21-10-12-23(13-11-21)29-16-14-19(15-17-29)18-4-2-1-3-5-18/h1-13,19H,14-17H2,(H,30,31). The first kappa shape index (κ1) is 20.4. The highest BCUT2D eigenvalue weighted by molar-refractivity contribution is 7.17. The first-order valence-corrected chi connectivity index (χ1v) is 11.6. The number of carboxylic acid groups (broad SMARTS) is 1. The van der Waals surface area contributed by atoms with E-state index >= 15 is 0 Å². The lowest BCUT2D eigenvalue weighted by atomic mass is 9.89. The summed E-state index contributed by atoms with van der Waals surface area (Å²) in [5, 5.41) is 19.3. The molecule has 5 rings (SSSR count). The van der Waals surface area contributed by atoms with Gasteiger partial charge in [0.2, 0.25) is 0 Å². The van der Waals surface area contributed by atoms with E-state index in [0.717, 1.165) is 34.2 Å². The van der Waals surface area contributed by atoms with Crippen molar-refractivity contribution in [2.75, 3.05) is 18.0 Å². The summed E-state index contributed by atoms with van der Waals surface area (Å²) in [6, 6.07) is 26.1. The molecule has 6 heteroatoms. The second kappa shape index (κ2) is 8.93. The minimum Gasteiger partial charge on any atom is -0.478 e. The Hall–Kier alpha value is -3.51. The Bertz CT molecular complexity index is 1200. The van der Waals surface area contributed by atoms with Gasteiger partial charge in [0.15, 0.2) is 0 Å². The average Bonchev–Trinajstić information content (AvgIpc) is 3.35. The summed E-state index contributed by atoms with van der Waals surface area (Å²) in [5.74, 6) is -0.282. The van der Waals surface area contributed by atoms with Gasteiger partial charge in [-0.15, -0.1) is 10.2 Å². The van der Waals surface area contributed by atoms with Crippen molar-refractivity contribution >= 4 is 23.0 Å². The second-order valence-corrected chi connectivity index (χ2v) is 8.99. The van der Waals surface area contributed by atoms with Crippen molar-refractivity contribution in [2.24, 2.45) is 0 Å². The van der Waals surface area contributed by atoms with Gasteiger partial charge in [-0.3, -0.25) is 0 Å². The zero-order chi connectivity index (χ0) is 21.9. The molecule has 32 heavy (non-hydrogen) atoms. The number of hydrogen-bond donors (Lipinski definition) is 1. The number of piperidine rings is 1. The number of benzene rings is 3. The van der Waals surface area contributed by atoms with Gasteiger partial charge in [-0.2, -0.15) is 0 Å². The maximum absolute atomic E-state index is 11.0. The first-order chi connectivity index (χ1) is 15.7. The summed E-state index contributed by atoms with van der Waals surface area (Å²) < 4.78 is 0. The van der Waals surface area contributed by atoms with E-state index in [2.05, 4.69) is 69.7 Å². The van der Waals surface area contributed by atoms with E-state index in [1.807, 2.05) is 0 Å². The predicted molar refractivity (Wildman–Crippen MR) is 128 cm³/mol. The molecule has 4 aromatic rings. The highest BCUT2D eigenvalue weighted by atomic mass is 32.1. The highest BCUT2D eigenvalue weighted by Crippen LogP contribution is 2.33. The third-order valence-electron chi connectivity index (χ3n) is 6.05. The molecular weight excluding hydrogens is 418 g/mol. The number of carboxylic acids is 1. The molecule has 1 aromatic heterocycles. The van der Waals surface area contributed by atoms with E-state index in [-0.39, 0.29) is 5.56 Å². The molecule has 0 atom stereocenters. The lowest BCUT2D eigenvalue weighted by Crippen LogP contribution is -2.32. The molecule has 2 heterocycles. The fourth-order valence-electron chi connectivity index (χ4n) is 4.22. The van der Waals surface area contributed by atoms with Gasteiger partial charge in [0.25, 0.3) is 0 Å². The van der Waals surface area contributed by atoms with Crippen LogP contribution in [0.1, 0.15) is 34.7 Å². The highest BCUT2D eigenvalue weighted by Gasteiger charge is 2.20. The number of aromatic carboxylic acids is 1. The van der Waals surface area contributed by atoms with Crippen LogP contribution in [0.2, 0.25) is 0 Å². The molecular formula is C26H23N3O2S. The fraction of sp³-hybridized carbons (Fsp3) is 0.192. The summed E-state index contributed by atoms with van der Waals surface area (Å²) >= 11 is 1.51. The van der Waals surface area contributed by atoms with Crippen LogP contribution in [-0.4, -0.2) is 34.4 Å². The first-order valence-electron chi connectivity index (χ1n) is 10.7. The van der Waals surface area contributed by atoms with Gasteiger partial charge in [-0.25, -0.2) is 4.79 Å². The molecule has 1 saturated heterocycles. The Morgan fingerprint density at radius 2 is 1.38 bits per heavy atom. The van der Waals surface area contributed by atoms with Gasteiger partial charge in [0.1, 0.15) is 10.0 Å². The van der Waals surface area contributed by atoms with E-state index < -0.39 is 5.97 Å². The van der Waals surface area contributed by atoms with Crippen LogP contribution in [0.5, 0.6) is 0 Å². The third kappa shape index (κ3) is 4.27. The molecule has 1 aliphatic rings. The molecule has 1 aliphatic heterocycles. The van der Waals surface area contributed by atoms with Crippen molar-refractivity contribution in [3.05, 3.63) is 90.0 Å². The van der Waals surface area contributed by atoms with Crippen LogP contribution in [0.25, 0.3) is 21.1 Å². The zero-order valence-corrected chi connectivity index (χ0v) is 18.3. The van der Waals surface area contributed by atoms with E-state index in [9.17, 15) is 4.79 Å². The molecule has 0 radical (unpaired) electrons. The van der Waals surface area contributed by atoms with E-state index in [1.54, 1.807) is 24.3 Å². The van der Waals surface area contributed by atoms with E-state index in [1.165, 1.54) is 35.4 Å². The molecule has 160 valence electrons. The van der Waals surface area contributed by atoms with Gasteiger partial charge in [-0.1, -0.05) is 53.8 Å². The van der Waals surface area contributed by atoms with Crippen LogP contribution < -0.4 is 4.90 Å². The molecule has 0 bridgehead atoms. The van der Waals surface area contributed by atoms with Crippen LogP contribution in [0, 0.1) is 0 Å².